The standard InChI is InChI=1S/C12H16O3/c1-9-5-2-3-6-10(9)11(13)7-4-8-12(14)15/h2-3,5-6,11,13H,4,7-8H2,1H3,(H,14,15)/t11-/m0/s1. The minimum Gasteiger partial charge on any atom is -0.481 e. The highest BCUT2D eigenvalue weighted by Crippen LogP contribution is 2.21. The molecule has 3 heteroatoms. The molecule has 1 atom stereocenters. The van der Waals surface area contributed by atoms with Crippen molar-refractivity contribution in [3.63, 3.8) is 0 Å². The Hall–Kier alpha value is -1.35. The third kappa shape index (κ3) is 3.72. The molecule has 1 rings (SSSR count). The number of carboxylic acids is 1. The predicted molar refractivity (Wildman–Crippen MR) is 57.6 cm³/mol. The van der Waals surface area contributed by atoms with Crippen molar-refractivity contribution in [2.45, 2.75) is 32.3 Å². The molecule has 0 radical (unpaired) electrons. The van der Waals surface area contributed by atoms with Crippen molar-refractivity contribution in [1.29, 1.82) is 0 Å². The van der Waals surface area contributed by atoms with E-state index in [4.69, 9.17) is 5.11 Å². The second kappa shape index (κ2) is 5.51. The molecule has 1 aromatic carbocycles. The van der Waals surface area contributed by atoms with Crippen molar-refractivity contribution in [2.75, 3.05) is 0 Å². The number of rotatable bonds is 5. The number of carbonyl (C=O) groups is 1. The Balaban J connectivity index is 2.50. The van der Waals surface area contributed by atoms with Crippen LogP contribution >= 0.6 is 0 Å². The highest BCUT2D eigenvalue weighted by atomic mass is 16.4. The fourth-order valence-corrected chi connectivity index (χ4v) is 1.56. The number of hydrogen-bond donors (Lipinski definition) is 2. The van der Waals surface area contributed by atoms with Crippen molar-refractivity contribution in [2.24, 2.45) is 0 Å². The summed E-state index contributed by atoms with van der Waals surface area (Å²) in [5.74, 6) is -0.813. The number of aryl methyl sites for hydroxylation is 1. The van der Waals surface area contributed by atoms with Crippen molar-refractivity contribution in [1.82, 2.24) is 0 Å². The Kier molecular flexibility index (Phi) is 4.31. The van der Waals surface area contributed by atoms with E-state index in [0.29, 0.717) is 12.8 Å². The van der Waals surface area contributed by atoms with Crippen LogP contribution in [0.4, 0.5) is 0 Å². The molecule has 3 nitrogen and oxygen atoms in total. The van der Waals surface area contributed by atoms with Crippen LogP contribution in [0.25, 0.3) is 0 Å². The van der Waals surface area contributed by atoms with E-state index in [1.807, 2.05) is 31.2 Å². The van der Waals surface area contributed by atoms with E-state index < -0.39 is 12.1 Å². The molecular weight excluding hydrogens is 192 g/mol. The van der Waals surface area contributed by atoms with Crippen LogP contribution in [0.5, 0.6) is 0 Å². The molecule has 0 aromatic heterocycles. The number of aliphatic carboxylic acids is 1. The van der Waals surface area contributed by atoms with Crippen LogP contribution in [0.2, 0.25) is 0 Å². The predicted octanol–water partition coefficient (Wildman–Crippen LogP) is 2.28. The van der Waals surface area contributed by atoms with Crippen molar-refractivity contribution in [3.8, 4) is 0 Å². The second-order valence-corrected chi connectivity index (χ2v) is 3.66. The number of hydrogen-bond acceptors (Lipinski definition) is 2. The molecular formula is C12H16O3. The van der Waals surface area contributed by atoms with E-state index in [1.165, 1.54) is 0 Å². The molecule has 0 amide bonds. The molecule has 2 N–H and O–H groups in total. The Morgan fingerprint density at radius 3 is 2.67 bits per heavy atom. The average Bonchev–Trinajstić information content (AvgIpc) is 2.17. The van der Waals surface area contributed by atoms with E-state index >= 15 is 0 Å². The first-order valence-corrected chi connectivity index (χ1v) is 5.06. The van der Waals surface area contributed by atoms with Gasteiger partial charge >= 0.3 is 5.97 Å². The summed E-state index contributed by atoms with van der Waals surface area (Å²) in [6.07, 6.45) is 0.566. The third-order valence-corrected chi connectivity index (χ3v) is 2.42. The number of benzene rings is 1. The Labute approximate surface area is 89.4 Å². The molecule has 0 saturated carbocycles. The molecule has 0 unspecified atom stereocenters. The maximum atomic E-state index is 10.3. The molecule has 0 bridgehead atoms. The lowest BCUT2D eigenvalue weighted by molar-refractivity contribution is -0.137. The molecule has 0 aliphatic carbocycles. The molecule has 82 valence electrons. The van der Waals surface area contributed by atoms with E-state index in [9.17, 15) is 9.90 Å². The Morgan fingerprint density at radius 1 is 1.40 bits per heavy atom. The number of aliphatic hydroxyl groups is 1. The van der Waals surface area contributed by atoms with Crippen LogP contribution in [0.15, 0.2) is 24.3 Å². The fourth-order valence-electron chi connectivity index (χ4n) is 1.56. The lowest BCUT2D eigenvalue weighted by Gasteiger charge is -2.12. The van der Waals surface area contributed by atoms with Crippen LogP contribution in [-0.4, -0.2) is 16.2 Å². The van der Waals surface area contributed by atoms with Gasteiger partial charge in [0.1, 0.15) is 0 Å². The molecule has 0 saturated heterocycles. The Bertz CT molecular complexity index is 333. The molecule has 0 spiro atoms. The maximum absolute atomic E-state index is 10.3. The molecule has 1 aromatic rings. The largest absolute Gasteiger partial charge is 0.481 e. The van der Waals surface area contributed by atoms with Gasteiger partial charge in [0.2, 0.25) is 0 Å². The molecule has 0 aliphatic heterocycles. The zero-order valence-corrected chi connectivity index (χ0v) is 8.81. The minimum absolute atomic E-state index is 0.114. The average molecular weight is 208 g/mol. The highest BCUT2D eigenvalue weighted by molar-refractivity contribution is 5.66. The van der Waals surface area contributed by atoms with Gasteiger partial charge in [0, 0.05) is 6.42 Å². The van der Waals surface area contributed by atoms with Gasteiger partial charge in [-0.25, -0.2) is 0 Å². The monoisotopic (exact) mass is 208 g/mol. The van der Waals surface area contributed by atoms with Crippen molar-refractivity contribution in [3.05, 3.63) is 35.4 Å². The van der Waals surface area contributed by atoms with Crippen molar-refractivity contribution < 1.29 is 15.0 Å². The zero-order chi connectivity index (χ0) is 11.3. The quantitative estimate of drug-likeness (QED) is 0.780. The van der Waals surface area contributed by atoms with Crippen LogP contribution in [0.1, 0.15) is 36.5 Å². The topological polar surface area (TPSA) is 57.5 Å². The van der Waals surface area contributed by atoms with Gasteiger partial charge in [-0.2, -0.15) is 0 Å². The van der Waals surface area contributed by atoms with Gasteiger partial charge in [-0.1, -0.05) is 24.3 Å². The van der Waals surface area contributed by atoms with Gasteiger partial charge < -0.3 is 10.2 Å². The summed E-state index contributed by atoms with van der Waals surface area (Å²) in [5, 5.41) is 18.3. The van der Waals surface area contributed by atoms with Gasteiger partial charge in [0.05, 0.1) is 6.10 Å². The number of aliphatic hydroxyl groups excluding tert-OH is 1. The van der Waals surface area contributed by atoms with E-state index in [-0.39, 0.29) is 6.42 Å². The van der Waals surface area contributed by atoms with Gasteiger partial charge in [0.25, 0.3) is 0 Å². The van der Waals surface area contributed by atoms with E-state index in [1.54, 1.807) is 0 Å². The summed E-state index contributed by atoms with van der Waals surface area (Å²) >= 11 is 0. The highest BCUT2D eigenvalue weighted by Gasteiger charge is 2.10. The fraction of sp³-hybridized carbons (Fsp3) is 0.417. The van der Waals surface area contributed by atoms with Gasteiger partial charge in [-0.3, -0.25) is 4.79 Å². The zero-order valence-electron chi connectivity index (χ0n) is 8.81. The first kappa shape index (κ1) is 11.7. The summed E-state index contributed by atoms with van der Waals surface area (Å²) in [4.78, 5) is 10.3. The lowest BCUT2D eigenvalue weighted by Crippen LogP contribution is -2.02. The van der Waals surface area contributed by atoms with Gasteiger partial charge in [0.15, 0.2) is 0 Å². The first-order chi connectivity index (χ1) is 7.11. The van der Waals surface area contributed by atoms with Gasteiger partial charge in [-0.15, -0.1) is 0 Å². The third-order valence-electron chi connectivity index (χ3n) is 2.42. The summed E-state index contributed by atoms with van der Waals surface area (Å²) in [7, 11) is 0. The molecule has 0 fully saturated rings. The summed E-state index contributed by atoms with van der Waals surface area (Å²) in [6.45, 7) is 1.94. The van der Waals surface area contributed by atoms with Crippen LogP contribution < -0.4 is 0 Å². The van der Waals surface area contributed by atoms with Crippen LogP contribution in [-0.2, 0) is 4.79 Å². The molecule has 0 aliphatic rings. The smallest absolute Gasteiger partial charge is 0.303 e. The van der Waals surface area contributed by atoms with E-state index in [0.717, 1.165) is 11.1 Å². The van der Waals surface area contributed by atoms with Crippen LogP contribution in [0.3, 0.4) is 0 Å². The summed E-state index contributed by atoms with van der Waals surface area (Å²) < 4.78 is 0. The second-order valence-electron chi connectivity index (χ2n) is 3.66. The first-order valence-electron chi connectivity index (χ1n) is 5.06. The summed E-state index contributed by atoms with van der Waals surface area (Å²) in [6, 6.07) is 7.61. The normalized spacial score (nSPS) is 12.4. The van der Waals surface area contributed by atoms with Gasteiger partial charge in [-0.05, 0) is 30.9 Å². The SMILES string of the molecule is Cc1ccccc1[C@@H](O)CCCC(=O)O. The lowest BCUT2D eigenvalue weighted by atomic mass is 9.99. The van der Waals surface area contributed by atoms with Crippen molar-refractivity contribution >= 4 is 5.97 Å². The maximum Gasteiger partial charge on any atom is 0.303 e. The summed E-state index contributed by atoms with van der Waals surface area (Å²) in [5.41, 5.74) is 1.93. The van der Waals surface area contributed by atoms with Crippen LogP contribution in [0, 0.1) is 6.92 Å². The Morgan fingerprint density at radius 2 is 2.07 bits per heavy atom. The number of carboxylic acid groups (broad SMARTS) is 1. The molecule has 0 heterocycles. The minimum atomic E-state index is -0.813. The molecule has 15 heavy (non-hydrogen) atoms. The van der Waals surface area contributed by atoms with E-state index in [2.05, 4.69) is 0 Å².